The Morgan fingerprint density at radius 1 is 0.760 bits per heavy atom. The van der Waals surface area contributed by atoms with Crippen LogP contribution in [-0.4, -0.2) is 31.3 Å². The zero-order valence-corrected chi connectivity index (χ0v) is 16.6. The minimum atomic E-state index is -0.604. The second-order valence-electron chi connectivity index (χ2n) is 6.56. The zero-order valence-electron chi connectivity index (χ0n) is 16.6. The van der Waals surface area contributed by atoms with Gasteiger partial charge in [-0.3, -0.25) is 0 Å². The van der Waals surface area contributed by atoms with E-state index in [9.17, 15) is 9.59 Å². The first-order chi connectivity index (χ1) is 12.2. The van der Waals surface area contributed by atoms with Crippen LogP contribution >= 0.6 is 0 Å². The van der Waals surface area contributed by atoms with Crippen LogP contribution in [-0.2, 0) is 14.3 Å². The lowest BCUT2D eigenvalue weighted by molar-refractivity contribution is -0.146. The molecule has 0 spiro atoms. The third-order valence-corrected chi connectivity index (χ3v) is 4.17. The van der Waals surface area contributed by atoms with Crippen molar-refractivity contribution in [1.29, 1.82) is 0 Å². The van der Waals surface area contributed by atoms with Crippen LogP contribution in [0.15, 0.2) is 0 Å². The summed E-state index contributed by atoms with van der Waals surface area (Å²) in [6.07, 6.45) is 13.3. The van der Waals surface area contributed by atoms with Crippen molar-refractivity contribution in [3.63, 3.8) is 0 Å². The molecule has 25 heavy (non-hydrogen) atoms. The summed E-state index contributed by atoms with van der Waals surface area (Å²) in [5.41, 5.74) is 0. The minimum Gasteiger partial charge on any atom is -0.464 e. The molecular weight excluding hydrogens is 318 g/mol. The largest absolute Gasteiger partial charge is 0.464 e. The number of amides is 1. The van der Waals surface area contributed by atoms with E-state index < -0.39 is 12.1 Å². The average molecular weight is 358 g/mol. The van der Waals surface area contributed by atoms with Crippen LogP contribution in [0, 0.1) is 0 Å². The molecule has 1 amide bonds. The van der Waals surface area contributed by atoms with E-state index in [1.54, 1.807) is 6.92 Å². The first-order valence-electron chi connectivity index (χ1n) is 10.3. The highest BCUT2D eigenvalue weighted by atomic mass is 16.6. The van der Waals surface area contributed by atoms with E-state index in [0.29, 0.717) is 19.6 Å². The van der Waals surface area contributed by atoms with Gasteiger partial charge in [0, 0.05) is 0 Å². The Kier molecular flexibility index (Phi) is 16.7. The highest BCUT2D eigenvalue weighted by molar-refractivity contribution is 5.81. The third-order valence-electron chi connectivity index (χ3n) is 4.17. The van der Waals surface area contributed by atoms with Gasteiger partial charge in [-0.15, -0.1) is 0 Å². The molecule has 0 radical (unpaired) electrons. The molecule has 0 saturated heterocycles. The Morgan fingerprint density at radius 3 is 1.84 bits per heavy atom. The summed E-state index contributed by atoms with van der Waals surface area (Å²) in [7, 11) is 0. The number of carbonyl (C=O) groups excluding carboxylic acids is 2. The van der Waals surface area contributed by atoms with Gasteiger partial charge in [0.05, 0.1) is 13.2 Å². The fourth-order valence-electron chi connectivity index (χ4n) is 2.72. The van der Waals surface area contributed by atoms with Crippen LogP contribution in [0.5, 0.6) is 0 Å². The Bertz CT molecular complexity index is 334. The van der Waals surface area contributed by atoms with Gasteiger partial charge >= 0.3 is 12.1 Å². The summed E-state index contributed by atoms with van der Waals surface area (Å²) in [4.78, 5) is 23.5. The molecule has 0 bridgehead atoms. The van der Waals surface area contributed by atoms with E-state index in [-0.39, 0.29) is 5.97 Å². The lowest BCUT2D eigenvalue weighted by Crippen LogP contribution is -2.42. The quantitative estimate of drug-likeness (QED) is 0.298. The number of rotatable bonds is 16. The van der Waals surface area contributed by atoms with Gasteiger partial charge in [-0.1, -0.05) is 78.1 Å². The van der Waals surface area contributed by atoms with Crippen LogP contribution in [0.2, 0.25) is 0 Å². The first kappa shape index (κ1) is 23.7. The van der Waals surface area contributed by atoms with Crippen LogP contribution in [0.3, 0.4) is 0 Å². The van der Waals surface area contributed by atoms with Crippen molar-refractivity contribution in [3.8, 4) is 0 Å². The molecule has 0 aromatic heterocycles. The van der Waals surface area contributed by atoms with Crippen molar-refractivity contribution in [2.75, 3.05) is 13.2 Å². The molecule has 0 rings (SSSR count). The van der Waals surface area contributed by atoms with Gasteiger partial charge in [-0.2, -0.15) is 0 Å². The molecule has 5 heteroatoms. The molecule has 0 heterocycles. The number of unbranched alkanes of at least 4 members (excludes halogenated alkanes) is 9. The Balaban J connectivity index is 3.66. The summed E-state index contributed by atoms with van der Waals surface area (Å²) in [6.45, 7) is 6.66. The van der Waals surface area contributed by atoms with Crippen molar-refractivity contribution in [3.05, 3.63) is 0 Å². The van der Waals surface area contributed by atoms with E-state index in [2.05, 4.69) is 12.2 Å². The smallest absolute Gasteiger partial charge is 0.407 e. The molecule has 0 aliphatic heterocycles. The van der Waals surface area contributed by atoms with Crippen molar-refractivity contribution in [1.82, 2.24) is 5.32 Å². The van der Waals surface area contributed by atoms with Crippen LogP contribution in [0.1, 0.15) is 97.8 Å². The third kappa shape index (κ3) is 14.8. The van der Waals surface area contributed by atoms with E-state index >= 15 is 0 Å². The van der Waals surface area contributed by atoms with Gasteiger partial charge in [0.15, 0.2) is 0 Å². The lowest BCUT2D eigenvalue weighted by atomic mass is 10.1. The van der Waals surface area contributed by atoms with E-state index in [4.69, 9.17) is 9.47 Å². The SMILES string of the molecule is CCCCCCCCCCCCOC(=O)C(CCC)NC(=O)OCC. The molecule has 0 fully saturated rings. The van der Waals surface area contributed by atoms with Gasteiger partial charge in [0.2, 0.25) is 0 Å². The maximum atomic E-state index is 12.0. The molecule has 1 unspecified atom stereocenters. The second-order valence-corrected chi connectivity index (χ2v) is 6.56. The Hall–Kier alpha value is -1.26. The number of hydrogen-bond acceptors (Lipinski definition) is 4. The van der Waals surface area contributed by atoms with Crippen molar-refractivity contribution >= 4 is 12.1 Å². The van der Waals surface area contributed by atoms with Crippen LogP contribution < -0.4 is 5.32 Å². The van der Waals surface area contributed by atoms with Crippen molar-refractivity contribution in [2.45, 2.75) is 104 Å². The molecule has 0 aromatic rings. The number of alkyl carbamates (subject to hydrolysis) is 1. The van der Waals surface area contributed by atoms with Crippen molar-refractivity contribution in [2.24, 2.45) is 0 Å². The summed E-state index contributed by atoms with van der Waals surface area (Å²) in [6, 6.07) is -0.604. The Labute approximate surface area is 154 Å². The lowest BCUT2D eigenvalue weighted by Gasteiger charge is -2.16. The predicted molar refractivity (Wildman–Crippen MR) is 102 cm³/mol. The molecule has 0 aliphatic rings. The maximum absolute atomic E-state index is 12.0. The van der Waals surface area contributed by atoms with Gasteiger partial charge in [0.25, 0.3) is 0 Å². The molecule has 1 atom stereocenters. The van der Waals surface area contributed by atoms with E-state index in [1.165, 1.54) is 51.4 Å². The van der Waals surface area contributed by atoms with E-state index in [1.807, 2.05) is 6.92 Å². The first-order valence-corrected chi connectivity index (χ1v) is 10.3. The number of esters is 1. The molecule has 5 nitrogen and oxygen atoms in total. The van der Waals surface area contributed by atoms with Gasteiger partial charge in [-0.05, 0) is 19.8 Å². The zero-order chi connectivity index (χ0) is 18.8. The highest BCUT2D eigenvalue weighted by Gasteiger charge is 2.21. The topological polar surface area (TPSA) is 64.6 Å². The molecular formula is C20H39NO4. The number of ether oxygens (including phenoxy) is 2. The Morgan fingerprint density at radius 2 is 1.32 bits per heavy atom. The standard InChI is InChI=1S/C20H39NO4/c1-4-7-8-9-10-11-12-13-14-15-17-25-19(22)18(16-5-2)21-20(23)24-6-3/h18H,4-17H2,1-3H3,(H,21,23). The molecule has 0 saturated carbocycles. The molecule has 0 aromatic carbocycles. The molecule has 148 valence electrons. The minimum absolute atomic E-state index is 0.290. The second kappa shape index (κ2) is 17.6. The van der Waals surface area contributed by atoms with Crippen LogP contribution in [0.25, 0.3) is 0 Å². The van der Waals surface area contributed by atoms with Crippen molar-refractivity contribution < 1.29 is 19.1 Å². The fraction of sp³-hybridized carbons (Fsp3) is 0.900. The highest BCUT2D eigenvalue weighted by Crippen LogP contribution is 2.10. The van der Waals surface area contributed by atoms with Gasteiger partial charge < -0.3 is 14.8 Å². The maximum Gasteiger partial charge on any atom is 0.407 e. The number of hydrogen-bond donors (Lipinski definition) is 1. The number of carbonyl (C=O) groups is 2. The predicted octanol–water partition coefficient (Wildman–Crippen LogP) is 5.37. The van der Waals surface area contributed by atoms with E-state index in [0.717, 1.165) is 19.3 Å². The monoisotopic (exact) mass is 357 g/mol. The summed E-state index contributed by atoms with van der Waals surface area (Å²) in [5.74, 6) is -0.356. The molecule has 0 aliphatic carbocycles. The molecule has 1 N–H and O–H groups in total. The summed E-state index contributed by atoms with van der Waals surface area (Å²) >= 11 is 0. The summed E-state index contributed by atoms with van der Waals surface area (Å²) in [5, 5.41) is 2.57. The van der Waals surface area contributed by atoms with Crippen LogP contribution in [0.4, 0.5) is 4.79 Å². The van der Waals surface area contributed by atoms with Gasteiger partial charge in [-0.25, -0.2) is 9.59 Å². The van der Waals surface area contributed by atoms with Gasteiger partial charge in [0.1, 0.15) is 6.04 Å². The summed E-state index contributed by atoms with van der Waals surface area (Å²) < 4.78 is 10.1. The average Bonchev–Trinajstić information content (AvgIpc) is 2.59. The normalized spacial score (nSPS) is 11.8. The number of nitrogens with one attached hydrogen (secondary N) is 1. The fourth-order valence-corrected chi connectivity index (χ4v) is 2.72.